The van der Waals surface area contributed by atoms with Crippen LogP contribution in [0.15, 0.2) is 53.4 Å². The van der Waals surface area contributed by atoms with Crippen molar-refractivity contribution >= 4 is 33.4 Å². The summed E-state index contributed by atoms with van der Waals surface area (Å²) in [6, 6.07) is 12.7. The molecule has 1 unspecified atom stereocenters. The number of amides is 1. The Hall–Kier alpha value is -3.04. The van der Waals surface area contributed by atoms with Gasteiger partial charge in [-0.05, 0) is 56.5 Å². The van der Waals surface area contributed by atoms with Crippen LogP contribution in [0.25, 0.3) is 0 Å². The molecule has 1 amide bonds. The second-order valence-corrected chi connectivity index (χ2v) is 9.95. The van der Waals surface area contributed by atoms with Crippen molar-refractivity contribution in [3.05, 3.63) is 59.7 Å². The number of Topliss-reactive ketones (excluding diaryl/α,β-unsaturated/α-hetero) is 1. The van der Waals surface area contributed by atoms with Crippen LogP contribution in [-0.2, 0) is 30.8 Å². The van der Waals surface area contributed by atoms with E-state index in [1.807, 2.05) is 0 Å². The first-order valence-corrected chi connectivity index (χ1v) is 12.3. The fraction of sp³-hybridized carbons (Fsp3) is 0.375. The zero-order valence-corrected chi connectivity index (χ0v) is 19.6. The van der Waals surface area contributed by atoms with E-state index in [0.29, 0.717) is 29.9 Å². The van der Waals surface area contributed by atoms with Crippen LogP contribution < -0.4 is 5.32 Å². The molecule has 9 heteroatoms. The fourth-order valence-electron chi connectivity index (χ4n) is 3.63. The number of ether oxygens (including phenoxy) is 1. The number of sulfonamides is 1. The van der Waals surface area contributed by atoms with Crippen molar-refractivity contribution in [1.29, 1.82) is 0 Å². The number of benzene rings is 2. The van der Waals surface area contributed by atoms with Gasteiger partial charge in [0.2, 0.25) is 10.0 Å². The van der Waals surface area contributed by atoms with E-state index in [1.54, 1.807) is 36.4 Å². The average molecular weight is 473 g/mol. The molecular weight excluding hydrogens is 444 g/mol. The molecule has 1 N–H and O–H groups in total. The molecule has 2 aromatic rings. The van der Waals surface area contributed by atoms with E-state index in [1.165, 1.54) is 30.3 Å². The Morgan fingerprint density at radius 2 is 1.64 bits per heavy atom. The van der Waals surface area contributed by atoms with Gasteiger partial charge >= 0.3 is 5.97 Å². The third kappa shape index (κ3) is 6.27. The number of rotatable bonds is 8. The summed E-state index contributed by atoms with van der Waals surface area (Å²) < 4.78 is 32.2. The Labute approximate surface area is 194 Å². The number of nitrogens with zero attached hydrogens (tertiary/aromatic N) is 1. The van der Waals surface area contributed by atoms with E-state index < -0.39 is 28.0 Å². The van der Waals surface area contributed by atoms with Gasteiger partial charge in [-0.25, -0.2) is 8.42 Å². The first-order chi connectivity index (χ1) is 15.7. The Morgan fingerprint density at radius 3 is 2.27 bits per heavy atom. The van der Waals surface area contributed by atoms with Crippen molar-refractivity contribution in [3.63, 3.8) is 0 Å². The maximum atomic E-state index is 12.7. The van der Waals surface area contributed by atoms with E-state index in [0.717, 1.165) is 19.3 Å². The number of carbonyl (C=O) groups excluding carboxylic acids is 3. The van der Waals surface area contributed by atoms with E-state index in [9.17, 15) is 22.8 Å². The molecule has 0 spiro atoms. The predicted octanol–water partition coefficient (Wildman–Crippen LogP) is 3.18. The lowest BCUT2D eigenvalue weighted by Gasteiger charge is -2.25. The lowest BCUT2D eigenvalue weighted by molar-refractivity contribution is -0.152. The van der Waals surface area contributed by atoms with E-state index in [4.69, 9.17) is 4.74 Å². The molecule has 1 aliphatic rings. The third-order valence-corrected chi connectivity index (χ3v) is 7.38. The van der Waals surface area contributed by atoms with Gasteiger partial charge in [-0.2, -0.15) is 4.31 Å². The highest BCUT2D eigenvalue weighted by Gasteiger charge is 2.26. The molecular formula is C24H28N2O6S. The third-order valence-electron chi connectivity index (χ3n) is 5.47. The quantitative estimate of drug-likeness (QED) is 0.467. The number of piperidine rings is 1. The van der Waals surface area contributed by atoms with Crippen LogP contribution in [-0.4, -0.2) is 49.6 Å². The first kappa shape index (κ1) is 24.6. The summed E-state index contributed by atoms with van der Waals surface area (Å²) in [5.74, 6) is -1.37. The standard InChI is InChI=1S/C24H28N2O6S/c1-17(27)21-8-4-5-9-22(21)25-24(29)18(2)32-23(28)16-19-10-12-20(13-11-19)33(30,31)26-14-6-3-7-15-26/h4-5,8-13,18H,3,6-7,14-16H2,1-2H3,(H,25,29). The van der Waals surface area contributed by atoms with Crippen molar-refractivity contribution in [1.82, 2.24) is 4.31 Å². The Morgan fingerprint density at radius 1 is 1.00 bits per heavy atom. The van der Waals surface area contributed by atoms with E-state index in [2.05, 4.69) is 5.32 Å². The summed E-state index contributed by atoms with van der Waals surface area (Å²) in [6.07, 6.45) is 1.57. The summed E-state index contributed by atoms with van der Waals surface area (Å²) in [7, 11) is -3.54. The molecule has 1 saturated heterocycles. The topological polar surface area (TPSA) is 110 Å². The number of anilines is 1. The number of hydrogen-bond donors (Lipinski definition) is 1. The second-order valence-electron chi connectivity index (χ2n) is 8.01. The molecule has 0 aliphatic carbocycles. The van der Waals surface area contributed by atoms with Gasteiger partial charge in [0.05, 0.1) is 17.0 Å². The molecule has 1 heterocycles. The molecule has 0 saturated carbocycles. The molecule has 0 radical (unpaired) electrons. The molecule has 33 heavy (non-hydrogen) atoms. The van der Waals surface area contributed by atoms with Crippen LogP contribution in [0, 0.1) is 0 Å². The minimum Gasteiger partial charge on any atom is -0.452 e. The van der Waals surface area contributed by atoms with Gasteiger partial charge in [-0.15, -0.1) is 0 Å². The monoisotopic (exact) mass is 472 g/mol. The molecule has 0 bridgehead atoms. The minimum atomic E-state index is -3.54. The lowest BCUT2D eigenvalue weighted by Crippen LogP contribution is -2.35. The van der Waals surface area contributed by atoms with Crippen molar-refractivity contribution in [2.45, 2.75) is 50.5 Å². The Balaban J connectivity index is 1.57. The van der Waals surface area contributed by atoms with Crippen molar-refractivity contribution in [2.24, 2.45) is 0 Å². The summed E-state index contributed by atoms with van der Waals surface area (Å²) in [5, 5.41) is 2.61. The Kier molecular flexibility index (Phi) is 7.99. The predicted molar refractivity (Wildman–Crippen MR) is 123 cm³/mol. The van der Waals surface area contributed by atoms with E-state index in [-0.39, 0.29) is 17.1 Å². The van der Waals surface area contributed by atoms with Crippen molar-refractivity contribution in [3.8, 4) is 0 Å². The zero-order chi connectivity index (χ0) is 24.0. The average Bonchev–Trinajstić information content (AvgIpc) is 2.80. The second kappa shape index (κ2) is 10.7. The maximum absolute atomic E-state index is 12.7. The fourth-order valence-corrected chi connectivity index (χ4v) is 5.14. The van der Waals surface area contributed by atoms with Crippen LogP contribution in [0.3, 0.4) is 0 Å². The molecule has 1 fully saturated rings. The molecule has 8 nitrogen and oxygen atoms in total. The van der Waals surface area contributed by atoms with Gasteiger partial charge in [0.25, 0.3) is 5.91 Å². The lowest BCUT2D eigenvalue weighted by atomic mass is 10.1. The normalized spacial score (nSPS) is 15.5. The number of esters is 1. The smallest absolute Gasteiger partial charge is 0.311 e. The van der Waals surface area contributed by atoms with Gasteiger partial charge in [-0.1, -0.05) is 30.7 Å². The first-order valence-electron chi connectivity index (χ1n) is 10.9. The van der Waals surface area contributed by atoms with Crippen molar-refractivity contribution < 1.29 is 27.5 Å². The molecule has 1 atom stereocenters. The summed E-state index contributed by atoms with van der Waals surface area (Å²) in [6.45, 7) is 3.88. The molecule has 1 aliphatic heterocycles. The molecule has 3 rings (SSSR count). The number of para-hydroxylation sites is 1. The molecule has 176 valence electrons. The highest BCUT2D eigenvalue weighted by Crippen LogP contribution is 2.21. The van der Waals surface area contributed by atoms with Crippen LogP contribution >= 0.6 is 0 Å². The number of carbonyl (C=O) groups is 3. The highest BCUT2D eigenvalue weighted by molar-refractivity contribution is 7.89. The van der Waals surface area contributed by atoms with Crippen LogP contribution in [0.4, 0.5) is 5.69 Å². The maximum Gasteiger partial charge on any atom is 0.311 e. The molecule has 2 aromatic carbocycles. The number of nitrogens with one attached hydrogen (secondary N) is 1. The summed E-state index contributed by atoms with van der Waals surface area (Å²) >= 11 is 0. The number of hydrogen-bond acceptors (Lipinski definition) is 6. The van der Waals surface area contributed by atoms with Crippen LogP contribution in [0.1, 0.15) is 49.0 Å². The SMILES string of the molecule is CC(=O)c1ccccc1NC(=O)C(C)OC(=O)Cc1ccc(S(=O)(=O)N2CCCCC2)cc1. The van der Waals surface area contributed by atoms with Gasteiger partial charge in [0.1, 0.15) is 0 Å². The van der Waals surface area contributed by atoms with Crippen LogP contribution in [0.2, 0.25) is 0 Å². The summed E-state index contributed by atoms with van der Waals surface area (Å²) in [5.41, 5.74) is 1.29. The number of ketones is 1. The van der Waals surface area contributed by atoms with Crippen LogP contribution in [0.5, 0.6) is 0 Å². The van der Waals surface area contributed by atoms with Crippen molar-refractivity contribution in [2.75, 3.05) is 18.4 Å². The minimum absolute atomic E-state index is 0.105. The zero-order valence-electron chi connectivity index (χ0n) is 18.7. The van der Waals surface area contributed by atoms with Gasteiger partial charge in [0.15, 0.2) is 11.9 Å². The van der Waals surface area contributed by atoms with Gasteiger partial charge in [0, 0.05) is 18.7 Å². The van der Waals surface area contributed by atoms with Gasteiger partial charge < -0.3 is 10.1 Å². The largest absolute Gasteiger partial charge is 0.452 e. The van der Waals surface area contributed by atoms with E-state index >= 15 is 0 Å². The highest BCUT2D eigenvalue weighted by atomic mass is 32.2. The molecule has 0 aromatic heterocycles. The summed E-state index contributed by atoms with van der Waals surface area (Å²) in [4.78, 5) is 36.6. The Bertz CT molecular complexity index is 1120. The van der Waals surface area contributed by atoms with Gasteiger partial charge in [-0.3, -0.25) is 14.4 Å².